The van der Waals surface area contributed by atoms with Gasteiger partial charge in [0, 0.05) is 24.1 Å². The van der Waals surface area contributed by atoms with Crippen LogP contribution in [-0.4, -0.2) is 51.4 Å². The third-order valence-corrected chi connectivity index (χ3v) is 7.17. The minimum Gasteiger partial charge on any atom is -0.493 e. The molecule has 0 atom stereocenters. The SMILES string of the molecule is COc1ccc(C(=O)N=c2sc3cc(S(C)(=O)=O)ccc3n2CCSC)cc1OC. The summed E-state index contributed by atoms with van der Waals surface area (Å²) in [5.41, 5.74) is 1.22. The van der Waals surface area contributed by atoms with Gasteiger partial charge in [-0.05, 0) is 42.7 Å². The molecule has 0 radical (unpaired) electrons. The Morgan fingerprint density at radius 3 is 2.50 bits per heavy atom. The lowest BCUT2D eigenvalue weighted by Gasteiger charge is -2.08. The molecule has 3 rings (SSSR count). The molecule has 0 N–H and O–H groups in total. The zero-order chi connectivity index (χ0) is 21.9. The van der Waals surface area contributed by atoms with Gasteiger partial charge >= 0.3 is 0 Å². The fourth-order valence-corrected chi connectivity index (χ4v) is 5.07. The highest BCUT2D eigenvalue weighted by Gasteiger charge is 2.14. The first-order valence-electron chi connectivity index (χ1n) is 8.92. The molecule has 30 heavy (non-hydrogen) atoms. The number of aromatic nitrogens is 1. The van der Waals surface area contributed by atoms with Crippen LogP contribution < -0.4 is 14.3 Å². The van der Waals surface area contributed by atoms with Gasteiger partial charge in [-0.2, -0.15) is 16.8 Å². The van der Waals surface area contributed by atoms with E-state index in [4.69, 9.17) is 9.47 Å². The van der Waals surface area contributed by atoms with E-state index in [-0.39, 0.29) is 4.90 Å². The monoisotopic (exact) mass is 466 g/mol. The molecule has 0 aliphatic carbocycles. The van der Waals surface area contributed by atoms with Crippen LogP contribution in [0, 0.1) is 0 Å². The number of carbonyl (C=O) groups excluding carboxylic acids is 1. The van der Waals surface area contributed by atoms with E-state index in [2.05, 4.69) is 4.99 Å². The molecule has 0 unspecified atom stereocenters. The van der Waals surface area contributed by atoms with Gasteiger partial charge in [0.05, 0.1) is 29.3 Å². The Morgan fingerprint density at radius 2 is 1.87 bits per heavy atom. The molecule has 1 heterocycles. The van der Waals surface area contributed by atoms with Crippen molar-refractivity contribution in [1.82, 2.24) is 4.57 Å². The molecular formula is C20H22N2O5S3. The number of thioether (sulfide) groups is 1. The molecule has 0 fully saturated rings. The topological polar surface area (TPSA) is 87.0 Å². The number of nitrogens with zero attached hydrogens (tertiary/aromatic N) is 2. The van der Waals surface area contributed by atoms with E-state index in [9.17, 15) is 13.2 Å². The Balaban J connectivity index is 2.13. The molecule has 7 nitrogen and oxygen atoms in total. The Bertz CT molecular complexity index is 1260. The number of rotatable bonds is 7. The molecule has 0 bridgehead atoms. The first kappa shape index (κ1) is 22.4. The van der Waals surface area contributed by atoms with Crippen molar-refractivity contribution in [1.29, 1.82) is 0 Å². The van der Waals surface area contributed by atoms with Crippen LogP contribution in [0.4, 0.5) is 0 Å². The predicted octanol–water partition coefficient (Wildman–Crippen LogP) is 3.23. The van der Waals surface area contributed by atoms with E-state index in [1.54, 1.807) is 48.2 Å². The first-order valence-corrected chi connectivity index (χ1v) is 13.0. The summed E-state index contributed by atoms with van der Waals surface area (Å²) in [5, 5.41) is 0. The van der Waals surface area contributed by atoms with Gasteiger partial charge in [-0.3, -0.25) is 4.79 Å². The van der Waals surface area contributed by atoms with Gasteiger partial charge in [-0.25, -0.2) is 8.42 Å². The molecule has 0 aliphatic heterocycles. The average molecular weight is 467 g/mol. The molecule has 1 amide bonds. The smallest absolute Gasteiger partial charge is 0.279 e. The summed E-state index contributed by atoms with van der Waals surface area (Å²) in [6.45, 7) is 0.650. The molecule has 160 valence electrons. The minimum absolute atomic E-state index is 0.242. The summed E-state index contributed by atoms with van der Waals surface area (Å²) in [5.74, 6) is 1.39. The number of aryl methyl sites for hydroxylation is 1. The van der Waals surface area contributed by atoms with Crippen molar-refractivity contribution < 1.29 is 22.7 Å². The highest BCUT2D eigenvalue weighted by atomic mass is 32.2. The number of carbonyl (C=O) groups is 1. The summed E-state index contributed by atoms with van der Waals surface area (Å²) in [6.07, 6.45) is 3.18. The molecule has 0 aliphatic rings. The van der Waals surface area contributed by atoms with Crippen LogP contribution in [0.1, 0.15) is 10.4 Å². The molecule has 1 aromatic heterocycles. The highest BCUT2D eigenvalue weighted by Crippen LogP contribution is 2.28. The number of sulfone groups is 1. The van der Waals surface area contributed by atoms with E-state index in [0.717, 1.165) is 16.0 Å². The summed E-state index contributed by atoms with van der Waals surface area (Å²) in [4.78, 5) is 17.9. The van der Waals surface area contributed by atoms with Crippen molar-refractivity contribution in [3.8, 4) is 11.5 Å². The molecule has 0 saturated heterocycles. The quantitative estimate of drug-likeness (QED) is 0.531. The number of methoxy groups -OCH3 is 2. The van der Waals surface area contributed by atoms with Gasteiger partial charge in [-0.1, -0.05) is 11.3 Å². The van der Waals surface area contributed by atoms with E-state index >= 15 is 0 Å². The Morgan fingerprint density at radius 1 is 1.13 bits per heavy atom. The van der Waals surface area contributed by atoms with Crippen LogP contribution in [0.15, 0.2) is 46.3 Å². The minimum atomic E-state index is -3.33. The number of hydrogen-bond donors (Lipinski definition) is 0. The Labute approximate surface area is 183 Å². The van der Waals surface area contributed by atoms with Crippen LogP contribution >= 0.6 is 23.1 Å². The van der Waals surface area contributed by atoms with Gasteiger partial charge < -0.3 is 14.0 Å². The van der Waals surface area contributed by atoms with E-state index in [1.165, 1.54) is 31.8 Å². The molecule has 3 aromatic rings. The molecule has 2 aromatic carbocycles. The normalized spacial score (nSPS) is 12.3. The number of fused-ring (bicyclic) bond motifs is 1. The number of hydrogen-bond acceptors (Lipinski definition) is 7. The number of amides is 1. The Hall–Kier alpha value is -2.30. The van der Waals surface area contributed by atoms with Crippen molar-refractivity contribution in [2.45, 2.75) is 11.4 Å². The fourth-order valence-electron chi connectivity index (χ4n) is 2.89. The lowest BCUT2D eigenvalue weighted by molar-refractivity contribution is 0.0997. The molecule has 0 saturated carbocycles. The second-order valence-corrected chi connectivity index (χ2v) is 10.4. The van der Waals surface area contributed by atoms with Crippen molar-refractivity contribution >= 4 is 49.1 Å². The number of benzene rings is 2. The average Bonchev–Trinajstić information content (AvgIpc) is 3.06. The van der Waals surface area contributed by atoms with Crippen LogP contribution in [0.3, 0.4) is 0 Å². The zero-order valence-electron chi connectivity index (χ0n) is 17.0. The standard InChI is InChI=1S/C20H22N2O5S3/c1-26-16-8-5-13(11-17(16)27-2)19(23)21-20-22(9-10-28-3)15-7-6-14(30(4,24)25)12-18(15)29-20/h5-8,11-12H,9-10H2,1-4H3. The maximum atomic E-state index is 12.8. The van der Waals surface area contributed by atoms with E-state index < -0.39 is 15.7 Å². The maximum absolute atomic E-state index is 12.8. The Kier molecular flexibility index (Phi) is 6.89. The lowest BCUT2D eigenvalue weighted by atomic mass is 10.2. The van der Waals surface area contributed by atoms with Crippen molar-refractivity contribution in [3.63, 3.8) is 0 Å². The summed E-state index contributed by atoms with van der Waals surface area (Å²) in [7, 11) is -0.292. The second-order valence-electron chi connectivity index (χ2n) is 6.42. The summed E-state index contributed by atoms with van der Waals surface area (Å²) in [6, 6.07) is 9.86. The van der Waals surface area contributed by atoms with Crippen LogP contribution in [-0.2, 0) is 16.4 Å². The van der Waals surface area contributed by atoms with Crippen LogP contribution in [0.25, 0.3) is 10.2 Å². The number of thiazole rings is 1. The largest absolute Gasteiger partial charge is 0.493 e. The van der Waals surface area contributed by atoms with Crippen molar-refractivity contribution in [2.75, 3.05) is 32.5 Å². The van der Waals surface area contributed by atoms with Crippen LogP contribution in [0.2, 0.25) is 0 Å². The van der Waals surface area contributed by atoms with Crippen LogP contribution in [0.5, 0.6) is 11.5 Å². The molecule has 10 heteroatoms. The van der Waals surface area contributed by atoms with Crippen molar-refractivity contribution in [3.05, 3.63) is 46.8 Å². The second kappa shape index (κ2) is 9.23. The van der Waals surface area contributed by atoms with E-state index in [1.807, 2.05) is 10.8 Å². The number of ether oxygens (including phenoxy) is 2. The van der Waals surface area contributed by atoms with E-state index in [0.29, 0.717) is 28.4 Å². The zero-order valence-corrected chi connectivity index (χ0v) is 19.5. The molecule has 0 spiro atoms. The van der Waals surface area contributed by atoms with Gasteiger partial charge in [0.1, 0.15) is 0 Å². The summed E-state index contributed by atoms with van der Waals surface area (Å²) >= 11 is 2.97. The van der Waals surface area contributed by atoms with Gasteiger partial charge in [0.2, 0.25) is 0 Å². The third kappa shape index (κ3) is 4.71. The molecular weight excluding hydrogens is 444 g/mol. The lowest BCUT2D eigenvalue weighted by Crippen LogP contribution is -2.18. The highest BCUT2D eigenvalue weighted by molar-refractivity contribution is 7.98. The maximum Gasteiger partial charge on any atom is 0.279 e. The predicted molar refractivity (Wildman–Crippen MR) is 121 cm³/mol. The van der Waals surface area contributed by atoms with Crippen molar-refractivity contribution in [2.24, 2.45) is 4.99 Å². The first-order chi connectivity index (χ1) is 14.3. The third-order valence-electron chi connectivity index (χ3n) is 4.43. The summed E-state index contributed by atoms with van der Waals surface area (Å²) < 4.78 is 37.0. The van der Waals surface area contributed by atoms with Gasteiger partial charge in [0.25, 0.3) is 5.91 Å². The van der Waals surface area contributed by atoms with Gasteiger partial charge in [-0.15, -0.1) is 0 Å². The fraction of sp³-hybridized carbons (Fsp3) is 0.300. The van der Waals surface area contributed by atoms with Gasteiger partial charge in [0.15, 0.2) is 26.1 Å².